The number of amides is 1. The maximum atomic E-state index is 11.5. The molecule has 0 aliphatic heterocycles. The molecule has 17 heavy (non-hydrogen) atoms. The third kappa shape index (κ3) is 5.26. The van der Waals surface area contributed by atoms with Crippen LogP contribution in [0, 0.1) is 5.92 Å². The van der Waals surface area contributed by atoms with Crippen molar-refractivity contribution in [3.8, 4) is 0 Å². The van der Waals surface area contributed by atoms with Gasteiger partial charge in [0.2, 0.25) is 0 Å². The Bertz CT molecular complexity index is 296. The van der Waals surface area contributed by atoms with Crippen LogP contribution < -0.4 is 5.32 Å². The average molecular weight is 264 g/mol. The Morgan fingerprint density at radius 2 is 2.00 bits per heavy atom. The van der Waals surface area contributed by atoms with Gasteiger partial charge in [-0.1, -0.05) is 11.6 Å². The molecule has 0 aromatic heterocycles. The zero-order valence-electron chi connectivity index (χ0n) is 10.3. The zero-order chi connectivity index (χ0) is 13.1. The quantitative estimate of drug-likeness (QED) is 0.623. The largest absolute Gasteiger partial charge is 0.448 e. The fourth-order valence-electron chi connectivity index (χ4n) is 1.38. The number of alkyl halides is 1. The van der Waals surface area contributed by atoms with E-state index in [-0.39, 0.29) is 12.0 Å². The van der Waals surface area contributed by atoms with E-state index in [1.807, 2.05) is 0 Å². The van der Waals surface area contributed by atoms with Gasteiger partial charge in [-0.3, -0.25) is 0 Å². The van der Waals surface area contributed by atoms with E-state index in [4.69, 9.17) is 21.1 Å². The Balaban J connectivity index is 2.49. The second-order valence-corrected chi connectivity index (χ2v) is 5.25. The maximum absolute atomic E-state index is 11.5. The lowest BCUT2D eigenvalue weighted by Crippen LogP contribution is -2.45. The second kappa shape index (κ2) is 5.58. The van der Waals surface area contributed by atoms with E-state index in [9.17, 15) is 9.59 Å². The minimum absolute atomic E-state index is 0.137. The summed E-state index contributed by atoms with van der Waals surface area (Å²) in [5.74, 6) is -0.369. The van der Waals surface area contributed by atoms with Gasteiger partial charge in [-0.2, -0.15) is 0 Å². The van der Waals surface area contributed by atoms with Gasteiger partial charge in [-0.05, 0) is 39.5 Å². The van der Waals surface area contributed by atoms with Crippen LogP contribution in [-0.2, 0) is 14.3 Å². The molecule has 1 amide bonds. The summed E-state index contributed by atoms with van der Waals surface area (Å²) in [7, 11) is 0. The number of nitrogens with one attached hydrogen (secondary N) is 1. The van der Waals surface area contributed by atoms with Crippen LogP contribution in [0.3, 0.4) is 0 Å². The predicted octanol–water partition coefficient (Wildman–Crippen LogP) is 2.03. The average Bonchev–Trinajstić information content (AvgIpc) is 2.94. The number of esters is 1. The second-order valence-electron chi connectivity index (χ2n) is 5.03. The Kier molecular flexibility index (Phi) is 4.62. The van der Waals surface area contributed by atoms with Gasteiger partial charge in [0.25, 0.3) is 0 Å². The van der Waals surface area contributed by atoms with Gasteiger partial charge in [0, 0.05) is 0 Å². The predicted molar refractivity (Wildman–Crippen MR) is 62.7 cm³/mol. The first kappa shape index (κ1) is 14.1. The van der Waals surface area contributed by atoms with Gasteiger partial charge in [-0.25, -0.2) is 9.59 Å². The molecule has 1 saturated carbocycles. The van der Waals surface area contributed by atoms with E-state index < -0.39 is 23.7 Å². The van der Waals surface area contributed by atoms with Gasteiger partial charge in [-0.15, -0.1) is 0 Å². The number of halogens is 1. The molecule has 0 heterocycles. The van der Waals surface area contributed by atoms with Crippen molar-refractivity contribution in [3.05, 3.63) is 0 Å². The highest BCUT2D eigenvalue weighted by molar-refractivity contribution is 6.17. The SMILES string of the molecule is CC(C)(C)OC(=O)NC(C(=O)OCCl)C1CC1. The summed E-state index contributed by atoms with van der Waals surface area (Å²) in [6.07, 6.45) is 1.19. The Morgan fingerprint density at radius 1 is 1.41 bits per heavy atom. The molecule has 0 aromatic rings. The molecule has 0 radical (unpaired) electrons. The van der Waals surface area contributed by atoms with Crippen LogP contribution in [0.15, 0.2) is 0 Å². The number of ether oxygens (including phenoxy) is 2. The Labute approximate surface area is 106 Å². The minimum Gasteiger partial charge on any atom is -0.448 e. The zero-order valence-corrected chi connectivity index (χ0v) is 11.0. The third-order valence-corrected chi connectivity index (χ3v) is 2.33. The van der Waals surface area contributed by atoms with E-state index in [0.29, 0.717) is 0 Å². The van der Waals surface area contributed by atoms with Gasteiger partial charge in [0.15, 0.2) is 6.07 Å². The molecule has 0 saturated heterocycles. The van der Waals surface area contributed by atoms with Crippen molar-refractivity contribution in [2.75, 3.05) is 6.07 Å². The molecule has 6 heteroatoms. The van der Waals surface area contributed by atoms with Crippen molar-refractivity contribution in [1.29, 1.82) is 0 Å². The van der Waals surface area contributed by atoms with Crippen LogP contribution in [0.5, 0.6) is 0 Å². The number of hydrogen-bond donors (Lipinski definition) is 1. The van der Waals surface area contributed by atoms with E-state index in [2.05, 4.69) is 5.32 Å². The molecule has 1 aliphatic rings. The smallest absolute Gasteiger partial charge is 0.408 e. The van der Waals surface area contributed by atoms with Crippen LogP contribution in [0.1, 0.15) is 33.6 Å². The molecule has 1 rings (SSSR count). The number of carbonyl (C=O) groups excluding carboxylic acids is 2. The molecule has 1 fully saturated rings. The van der Waals surface area contributed by atoms with Crippen molar-refractivity contribution in [2.24, 2.45) is 5.92 Å². The van der Waals surface area contributed by atoms with E-state index in [1.165, 1.54) is 0 Å². The minimum atomic E-state index is -0.649. The van der Waals surface area contributed by atoms with Crippen LogP contribution in [0.25, 0.3) is 0 Å². The highest BCUT2D eigenvalue weighted by atomic mass is 35.5. The number of alkyl carbamates (subject to hydrolysis) is 1. The molecule has 1 N–H and O–H groups in total. The van der Waals surface area contributed by atoms with E-state index in [1.54, 1.807) is 20.8 Å². The van der Waals surface area contributed by atoms with E-state index in [0.717, 1.165) is 12.8 Å². The summed E-state index contributed by atoms with van der Waals surface area (Å²) < 4.78 is 9.78. The summed E-state index contributed by atoms with van der Waals surface area (Å²) in [5.41, 5.74) is -0.589. The first-order chi connectivity index (χ1) is 7.83. The standard InChI is InChI=1S/C11H18ClNO4/c1-11(2,3)17-10(15)13-8(7-4-5-7)9(14)16-6-12/h7-8H,4-6H2,1-3H3,(H,13,15). The molecule has 0 bridgehead atoms. The normalized spacial score (nSPS) is 17.2. The lowest BCUT2D eigenvalue weighted by atomic mass is 10.2. The molecular formula is C11H18ClNO4. The molecule has 1 atom stereocenters. The van der Waals surface area contributed by atoms with Crippen LogP contribution in [-0.4, -0.2) is 29.8 Å². The number of rotatable bonds is 4. The summed E-state index contributed by atoms with van der Waals surface area (Å²) in [5, 5.41) is 2.53. The van der Waals surface area contributed by atoms with Gasteiger partial charge < -0.3 is 14.8 Å². The lowest BCUT2D eigenvalue weighted by molar-refractivity contribution is -0.144. The monoisotopic (exact) mass is 263 g/mol. The number of carbonyl (C=O) groups is 2. The maximum Gasteiger partial charge on any atom is 0.408 e. The Hall–Kier alpha value is -0.970. The van der Waals surface area contributed by atoms with Gasteiger partial charge >= 0.3 is 12.1 Å². The summed E-state index contributed by atoms with van der Waals surface area (Å²) >= 11 is 5.32. The molecule has 0 aromatic carbocycles. The lowest BCUT2D eigenvalue weighted by Gasteiger charge is -2.22. The first-order valence-corrected chi connectivity index (χ1v) is 6.09. The third-order valence-electron chi connectivity index (χ3n) is 2.22. The van der Waals surface area contributed by atoms with Crippen LogP contribution >= 0.6 is 11.6 Å². The molecule has 1 aliphatic carbocycles. The number of hydrogen-bond acceptors (Lipinski definition) is 4. The molecule has 1 unspecified atom stereocenters. The topological polar surface area (TPSA) is 64.6 Å². The summed E-state index contributed by atoms with van der Waals surface area (Å²) in [6.45, 7) is 5.28. The molecular weight excluding hydrogens is 246 g/mol. The van der Waals surface area contributed by atoms with Gasteiger partial charge in [0.05, 0.1) is 0 Å². The summed E-state index contributed by atoms with van der Waals surface area (Å²) in [4.78, 5) is 23.1. The first-order valence-electron chi connectivity index (χ1n) is 5.55. The van der Waals surface area contributed by atoms with Gasteiger partial charge in [0.1, 0.15) is 11.6 Å². The fourth-order valence-corrected chi connectivity index (χ4v) is 1.48. The summed E-state index contributed by atoms with van der Waals surface area (Å²) in [6, 6.07) is -0.860. The Morgan fingerprint density at radius 3 is 2.41 bits per heavy atom. The highest BCUT2D eigenvalue weighted by Crippen LogP contribution is 2.33. The van der Waals surface area contributed by atoms with Crippen molar-refractivity contribution in [1.82, 2.24) is 5.32 Å². The molecule has 5 nitrogen and oxygen atoms in total. The van der Waals surface area contributed by atoms with E-state index >= 15 is 0 Å². The van der Waals surface area contributed by atoms with Crippen LogP contribution in [0.2, 0.25) is 0 Å². The fraction of sp³-hybridized carbons (Fsp3) is 0.818. The van der Waals surface area contributed by atoms with Crippen molar-refractivity contribution in [2.45, 2.75) is 45.3 Å². The van der Waals surface area contributed by atoms with Crippen LogP contribution in [0.4, 0.5) is 4.79 Å². The highest BCUT2D eigenvalue weighted by Gasteiger charge is 2.39. The molecule has 0 spiro atoms. The van der Waals surface area contributed by atoms with Crippen molar-refractivity contribution >= 4 is 23.7 Å². The molecule has 98 valence electrons. The van der Waals surface area contributed by atoms with Crippen molar-refractivity contribution in [3.63, 3.8) is 0 Å². The van der Waals surface area contributed by atoms with Crippen molar-refractivity contribution < 1.29 is 19.1 Å².